The van der Waals surface area contributed by atoms with Crippen LogP contribution in [0.15, 0.2) is 16.3 Å². The van der Waals surface area contributed by atoms with E-state index in [2.05, 4.69) is 4.90 Å². The Kier molecular flexibility index (Phi) is 4.04. The number of carboxylic acids is 1. The van der Waals surface area contributed by atoms with Crippen molar-refractivity contribution in [1.29, 1.82) is 0 Å². The summed E-state index contributed by atoms with van der Waals surface area (Å²) in [6.45, 7) is 3.56. The summed E-state index contributed by atoms with van der Waals surface area (Å²) >= 11 is 0.820. The minimum Gasteiger partial charge on any atom is -0.477 e. The van der Waals surface area contributed by atoms with Gasteiger partial charge in [0.25, 0.3) is 10.0 Å². The van der Waals surface area contributed by atoms with E-state index in [-0.39, 0.29) is 9.09 Å². The summed E-state index contributed by atoms with van der Waals surface area (Å²) in [5.41, 5.74) is 0. The van der Waals surface area contributed by atoms with E-state index in [0.29, 0.717) is 13.1 Å². The Labute approximate surface area is 128 Å². The largest absolute Gasteiger partial charge is 0.477 e. The van der Waals surface area contributed by atoms with Crippen molar-refractivity contribution in [3.05, 3.63) is 17.0 Å². The number of nitrogens with zero attached hydrogens (tertiary/aromatic N) is 2. The van der Waals surface area contributed by atoms with Gasteiger partial charge in [0, 0.05) is 32.7 Å². The summed E-state index contributed by atoms with van der Waals surface area (Å²) in [7, 11) is -3.55. The molecule has 8 heteroatoms. The van der Waals surface area contributed by atoms with Crippen LogP contribution in [-0.2, 0) is 10.0 Å². The van der Waals surface area contributed by atoms with Crippen LogP contribution in [0.25, 0.3) is 0 Å². The average molecular weight is 330 g/mol. The van der Waals surface area contributed by atoms with Crippen LogP contribution >= 0.6 is 11.3 Å². The molecule has 1 saturated heterocycles. The van der Waals surface area contributed by atoms with Gasteiger partial charge in [-0.2, -0.15) is 4.31 Å². The maximum absolute atomic E-state index is 12.5. The molecule has 0 amide bonds. The first-order valence-corrected chi connectivity index (χ1v) is 9.28. The smallest absolute Gasteiger partial charge is 0.345 e. The first-order valence-electron chi connectivity index (χ1n) is 7.02. The van der Waals surface area contributed by atoms with Gasteiger partial charge in [-0.25, -0.2) is 13.2 Å². The standard InChI is InChI=1S/C13H18N2O4S2/c16-13(17)11-3-4-12(20-11)21(18,19)15-7-5-14(6-8-15)9-10-1-2-10/h3-4,10H,1-2,5-9H2,(H,16,17). The lowest BCUT2D eigenvalue weighted by atomic mass is 10.3. The monoisotopic (exact) mass is 330 g/mol. The van der Waals surface area contributed by atoms with Crippen LogP contribution in [0.1, 0.15) is 22.5 Å². The maximum Gasteiger partial charge on any atom is 0.345 e. The quantitative estimate of drug-likeness (QED) is 0.877. The van der Waals surface area contributed by atoms with Gasteiger partial charge >= 0.3 is 5.97 Å². The van der Waals surface area contributed by atoms with E-state index in [1.54, 1.807) is 0 Å². The first kappa shape index (κ1) is 15.0. The number of carbonyl (C=O) groups is 1. The molecule has 116 valence electrons. The van der Waals surface area contributed by atoms with Crippen molar-refractivity contribution in [2.24, 2.45) is 5.92 Å². The zero-order chi connectivity index (χ0) is 15.0. The van der Waals surface area contributed by atoms with Crippen LogP contribution in [0.2, 0.25) is 0 Å². The molecule has 0 bridgehead atoms. The molecule has 2 fully saturated rings. The summed E-state index contributed by atoms with van der Waals surface area (Å²) in [5.74, 6) is -0.278. The van der Waals surface area contributed by atoms with E-state index in [1.807, 2.05) is 0 Å². The molecule has 1 aromatic rings. The molecule has 21 heavy (non-hydrogen) atoms. The fraction of sp³-hybridized carbons (Fsp3) is 0.615. The number of hydrogen-bond acceptors (Lipinski definition) is 5. The third kappa shape index (κ3) is 3.28. The van der Waals surface area contributed by atoms with Gasteiger partial charge in [0.2, 0.25) is 0 Å². The van der Waals surface area contributed by atoms with Crippen molar-refractivity contribution in [3.8, 4) is 0 Å². The highest BCUT2D eigenvalue weighted by Gasteiger charge is 2.32. The molecule has 0 unspecified atom stereocenters. The van der Waals surface area contributed by atoms with E-state index in [1.165, 1.54) is 29.3 Å². The predicted octanol–water partition coefficient (Wildman–Crippen LogP) is 1.16. The molecule has 0 aromatic carbocycles. The lowest BCUT2D eigenvalue weighted by Gasteiger charge is -2.33. The van der Waals surface area contributed by atoms with Gasteiger partial charge in [0.1, 0.15) is 9.09 Å². The highest BCUT2D eigenvalue weighted by Crippen LogP contribution is 2.30. The van der Waals surface area contributed by atoms with E-state index < -0.39 is 16.0 Å². The summed E-state index contributed by atoms with van der Waals surface area (Å²) in [6.07, 6.45) is 2.59. The molecule has 0 atom stereocenters. The molecule has 0 radical (unpaired) electrons. The summed E-state index contributed by atoms with van der Waals surface area (Å²) in [4.78, 5) is 13.2. The van der Waals surface area contributed by atoms with Crippen molar-refractivity contribution >= 4 is 27.3 Å². The van der Waals surface area contributed by atoms with E-state index in [0.717, 1.165) is 36.9 Å². The Bertz CT molecular complexity index is 628. The third-order valence-electron chi connectivity index (χ3n) is 3.93. The topological polar surface area (TPSA) is 77.9 Å². The minimum absolute atomic E-state index is 0.0564. The van der Waals surface area contributed by atoms with Gasteiger partial charge in [0.15, 0.2) is 0 Å². The summed E-state index contributed by atoms with van der Waals surface area (Å²) < 4.78 is 26.6. The second-order valence-corrected chi connectivity index (χ2v) is 8.82. The lowest BCUT2D eigenvalue weighted by Crippen LogP contribution is -2.48. The Balaban J connectivity index is 1.66. The molecule has 6 nitrogen and oxygen atoms in total. The molecular formula is C13H18N2O4S2. The average Bonchev–Trinajstić information content (AvgIpc) is 3.10. The van der Waals surface area contributed by atoms with Crippen LogP contribution in [0.3, 0.4) is 0 Å². The van der Waals surface area contributed by atoms with E-state index >= 15 is 0 Å². The molecule has 1 saturated carbocycles. The Hall–Kier alpha value is -0.960. The third-order valence-corrected chi connectivity index (χ3v) is 7.37. The second-order valence-electron chi connectivity index (χ2n) is 5.57. The van der Waals surface area contributed by atoms with Crippen molar-refractivity contribution in [3.63, 3.8) is 0 Å². The number of thiophene rings is 1. The number of piperazine rings is 1. The molecular weight excluding hydrogens is 312 g/mol. The van der Waals surface area contributed by atoms with Gasteiger partial charge in [-0.15, -0.1) is 11.3 Å². The highest BCUT2D eigenvalue weighted by atomic mass is 32.2. The Morgan fingerprint density at radius 3 is 2.43 bits per heavy atom. The zero-order valence-electron chi connectivity index (χ0n) is 11.6. The van der Waals surface area contributed by atoms with Gasteiger partial charge in [0.05, 0.1) is 0 Å². The second kappa shape index (κ2) is 5.68. The Morgan fingerprint density at radius 1 is 1.24 bits per heavy atom. The van der Waals surface area contributed by atoms with Crippen LogP contribution in [0, 0.1) is 5.92 Å². The van der Waals surface area contributed by atoms with Crippen LogP contribution in [0.4, 0.5) is 0 Å². The van der Waals surface area contributed by atoms with Crippen molar-refractivity contribution in [1.82, 2.24) is 9.21 Å². The maximum atomic E-state index is 12.5. The molecule has 1 aromatic heterocycles. The fourth-order valence-corrected chi connectivity index (χ4v) is 5.24. The normalized spacial score (nSPS) is 21.5. The highest BCUT2D eigenvalue weighted by molar-refractivity contribution is 7.91. The number of carboxylic acid groups (broad SMARTS) is 1. The van der Waals surface area contributed by atoms with Crippen molar-refractivity contribution < 1.29 is 18.3 Å². The van der Waals surface area contributed by atoms with Crippen molar-refractivity contribution in [2.75, 3.05) is 32.7 Å². The van der Waals surface area contributed by atoms with Gasteiger partial charge in [-0.1, -0.05) is 0 Å². The molecule has 3 rings (SSSR count). The van der Waals surface area contributed by atoms with Crippen LogP contribution in [0.5, 0.6) is 0 Å². The SMILES string of the molecule is O=C(O)c1ccc(S(=O)(=O)N2CCN(CC3CC3)CC2)s1. The number of hydrogen-bond donors (Lipinski definition) is 1. The van der Waals surface area contributed by atoms with Crippen LogP contribution < -0.4 is 0 Å². The van der Waals surface area contributed by atoms with Gasteiger partial charge < -0.3 is 10.0 Å². The zero-order valence-corrected chi connectivity index (χ0v) is 13.2. The molecule has 2 heterocycles. The molecule has 0 spiro atoms. The Morgan fingerprint density at radius 2 is 1.90 bits per heavy atom. The molecule has 2 aliphatic rings. The summed E-state index contributed by atoms with van der Waals surface area (Å²) in [6, 6.07) is 2.74. The number of aromatic carboxylic acids is 1. The van der Waals surface area contributed by atoms with Crippen LogP contribution in [-0.4, -0.2) is 61.4 Å². The minimum atomic E-state index is -3.55. The molecule has 1 N–H and O–H groups in total. The summed E-state index contributed by atoms with van der Waals surface area (Å²) in [5, 5.41) is 8.89. The van der Waals surface area contributed by atoms with Gasteiger partial charge in [-0.3, -0.25) is 0 Å². The number of sulfonamides is 1. The van der Waals surface area contributed by atoms with Gasteiger partial charge in [-0.05, 0) is 30.9 Å². The first-order chi connectivity index (χ1) is 9.96. The molecule has 1 aliphatic heterocycles. The van der Waals surface area contributed by atoms with E-state index in [4.69, 9.17) is 5.11 Å². The van der Waals surface area contributed by atoms with Crippen molar-refractivity contribution in [2.45, 2.75) is 17.1 Å². The van der Waals surface area contributed by atoms with E-state index in [9.17, 15) is 13.2 Å². The predicted molar refractivity (Wildman–Crippen MR) is 79.2 cm³/mol. The fourth-order valence-electron chi connectivity index (χ4n) is 2.52. The number of rotatable bonds is 5. The molecule has 1 aliphatic carbocycles. The lowest BCUT2D eigenvalue weighted by molar-refractivity contribution is 0.0702.